The molecule has 0 saturated carbocycles. The molecule has 0 aliphatic heterocycles. The average molecular weight is 371 g/mol. The summed E-state index contributed by atoms with van der Waals surface area (Å²) in [6.07, 6.45) is 0.635. The van der Waals surface area contributed by atoms with Crippen molar-refractivity contribution >= 4 is 11.9 Å². The van der Waals surface area contributed by atoms with E-state index in [1.165, 1.54) is 14.2 Å². The Morgan fingerprint density at radius 1 is 1.11 bits per heavy atom. The molecule has 27 heavy (non-hydrogen) atoms. The van der Waals surface area contributed by atoms with Gasteiger partial charge in [0.25, 0.3) is 0 Å². The van der Waals surface area contributed by atoms with Crippen LogP contribution in [0.2, 0.25) is 0 Å². The SMILES string of the molecule is COc1ccc(C(CC(=O)O)NC(=O)CCc2ccccc2C)c(OC)c1. The van der Waals surface area contributed by atoms with Gasteiger partial charge in [0.05, 0.1) is 26.7 Å². The van der Waals surface area contributed by atoms with Crippen LogP contribution in [0.3, 0.4) is 0 Å². The smallest absolute Gasteiger partial charge is 0.305 e. The number of rotatable bonds is 9. The van der Waals surface area contributed by atoms with Gasteiger partial charge in [-0.15, -0.1) is 0 Å². The molecule has 1 amide bonds. The van der Waals surface area contributed by atoms with Gasteiger partial charge in [0, 0.05) is 18.1 Å². The largest absolute Gasteiger partial charge is 0.497 e. The van der Waals surface area contributed by atoms with E-state index in [4.69, 9.17) is 9.47 Å². The van der Waals surface area contributed by atoms with Gasteiger partial charge < -0.3 is 19.9 Å². The van der Waals surface area contributed by atoms with Crippen LogP contribution in [0, 0.1) is 6.92 Å². The van der Waals surface area contributed by atoms with Gasteiger partial charge in [-0.25, -0.2) is 0 Å². The third kappa shape index (κ3) is 5.74. The Morgan fingerprint density at radius 2 is 1.85 bits per heavy atom. The normalized spacial score (nSPS) is 11.5. The second-order valence-electron chi connectivity index (χ2n) is 6.25. The van der Waals surface area contributed by atoms with E-state index in [1.54, 1.807) is 18.2 Å². The molecule has 0 saturated heterocycles. The maximum Gasteiger partial charge on any atom is 0.305 e. The standard InChI is InChI=1S/C21H25NO5/c1-14-6-4-5-7-15(14)8-11-20(23)22-18(13-21(24)25)17-10-9-16(26-2)12-19(17)27-3/h4-7,9-10,12,18H,8,11,13H2,1-3H3,(H,22,23)(H,24,25). The Kier molecular flexibility index (Phi) is 7.23. The summed E-state index contributed by atoms with van der Waals surface area (Å²) in [7, 11) is 3.03. The topological polar surface area (TPSA) is 84.9 Å². The van der Waals surface area contributed by atoms with Crippen LogP contribution in [0.4, 0.5) is 0 Å². The maximum absolute atomic E-state index is 12.4. The first-order valence-electron chi connectivity index (χ1n) is 8.72. The summed E-state index contributed by atoms with van der Waals surface area (Å²) in [6.45, 7) is 2.00. The second kappa shape index (κ2) is 9.62. The number of carbonyl (C=O) groups is 2. The number of hydrogen-bond acceptors (Lipinski definition) is 4. The van der Waals surface area contributed by atoms with Crippen LogP contribution in [0.25, 0.3) is 0 Å². The van der Waals surface area contributed by atoms with Crippen molar-refractivity contribution in [1.29, 1.82) is 0 Å². The van der Waals surface area contributed by atoms with Gasteiger partial charge in [0.2, 0.25) is 5.91 Å². The molecule has 0 aliphatic carbocycles. The molecule has 0 heterocycles. The van der Waals surface area contributed by atoms with Crippen LogP contribution in [-0.2, 0) is 16.0 Å². The van der Waals surface area contributed by atoms with E-state index in [1.807, 2.05) is 31.2 Å². The van der Waals surface area contributed by atoms with Crippen molar-refractivity contribution in [3.8, 4) is 11.5 Å². The summed E-state index contributed by atoms with van der Waals surface area (Å²) in [5.41, 5.74) is 2.83. The Morgan fingerprint density at radius 3 is 2.48 bits per heavy atom. The highest BCUT2D eigenvalue weighted by Crippen LogP contribution is 2.31. The zero-order valence-corrected chi connectivity index (χ0v) is 15.8. The summed E-state index contributed by atoms with van der Waals surface area (Å²) in [5.74, 6) is -0.144. The molecule has 2 rings (SSSR count). The minimum absolute atomic E-state index is 0.206. The quantitative estimate of drug-likeness (QED) is 0.707. The molecule has 144 valence electrons. The van der Waals surface area contributed by atoms with Crippen LogP contribution in [0.1, 0.15) is 35.6 Å². The zero-order chi connectivity index (χ0) is 19.8. The third-order valence-corrected chi connectivity index (χ3v) is 4.41. The first kappa shape index (κ1) is 20.3. The van der Waals surface area contributed by atoms with E-state index in [-0.39, 0.29) is 18.7 Å². The fourth-order valence-corrected chi connectivity index (χ4v) is 2.92. The number of ether oxygens (including phenoxy) is 2. The number of hydrogen-bond donors (Lipinski definition) is 2. The molecular weight excluding hydrogens is 346 g/mol. The monoisotopic (exact) mass is 371 g/mol. The van der Waals surface area contributed by atoms with E-state index in [0.29, 0.717) is 23.5 Å². The lowest BCUT2D eigenvalue weighted by molar-refractivity contribution is -0.137. The van der Waals surface area contributed by atoms with Crippen LogP contribution >= 0.6 is 0 Å². The maximum atomic E-state index is 12.4. The fourth-order valence-electron chi connectivity index (χ4n) is 2.92. The van der Waals surface area contributed by atoms with Crippen LogP contribution < -0.4 is 14.8 Å². The van der Waals surface area contributed by atoms with Crippen molar-refractivity contribution in [3.05, 3.63) is 59.2 Å². The molecule has 0 bridgehead atoms. The minimum Gasteiger partial charge on any atom is -0.497 e. The second-order valence-corrected chi connectivity index (χ2v) is 6.25. The highest BCUT2D eigenvalue weighted by atomic mass is 16.5. The Hall–Kier alpha value is -3.02. The van der Waals surface area contributed by atoms with E-state index < -0.39 is 12.0 Å². The van der Waals surface area contributed by atoms with Crippen LogP contribution in [0.5, 0.6) is 11.5 Å². The number of benzene rings is 2. The van der Waals surface area contributed by atoms with E-state index in [0.717, 1.165) is 11.1 Å². The molecule has 1 atom stereocenters. The van der Waals surface area contributed by atoms with Crippen molar-refractivity contribution in [2.75, 3.05) is 14.2 Å². The first-order chi connectivity index (χ1) is 12.9. The van der Waals surface area contributed by atoms with Gasteiger partial charge in [-0.3, -0.25) is 9.59 Å². The van der Waals surface area contributed by atoms with Crippen molar-refractivity contribution in [3.63, 3.8) is 0 Å². The number of methoxy groups -OCH3 is 2. The molecule has 0 fully saturated rings. The Bertz CT molecular complexity index is 803. The summed E-state index contributed by atoms with van der Waals surface area (Å²) < 4.78 is 10.5. The summed E-state index contributed by atoms with van der Waals surface area (Å²) >= 11 is 0. The van der Waals surface area contributed by atoms with Gasteiger partial charge >= 0.3 is 5.97 Å². The summed E-state index contributed by atoms with van der Waals surface area (Å²) in [4.78, 5) is 23.7. The summed E-state index contributed by atoms with van der Waals surface area (Å²) in [6, 6.07) is 12.3. The number of amides is 1. The molecule has 1 unspecified atom stereocenters. The number of carbonyl (C=O) groups excluding carboxylic acids is 1. The van der Waals surface area contributed by atoms with Crippen molar-refractivity contribution < 1.29 is 24.2 Å². The highest BCUT2D eigenvalue weighted by Gasteiger charge is 2.22. The number of carboxylic acid groups (broad SMARTS) is 1. The lowest BCUT2D eigenvalue weighted by Gasteiger charge is -2.20. The molecule has 2 aromatic carbocycles. The average Bonchev–Trinajstić information content (AvgIpc) is 2.66. The predicted molar refractivity (Wildman–Crippen MR) is 102 cm³/mol. The number of carboxylic acids is 1. The Balaban J connectivity index is 2.13. The molecule has 0 radical (unpaired) electrons. The van der Waals surface area contributed by atoms with E-state index in [2.05, 4.69) is 5.32 Å². The molecule has 0 aromatic heterocycles. The molecule has 0 spiro atoms. The number of aryl methyl sites for hydroxylation is 2. The molecule has 2 aromatic rings. The lowest BCUT2D eigenvalue weighted by Crippen LogP contribution is -2.30. The third-order valence-electron chi connectivity index (χ3n) is 4.41. The van der Waals surface area contributed by atoms with Gasteiger partial charge in [0.15, 0.2) is 0 Å². The highest BCUT2D eigenvalue weighted by molar-refractivity contribution is 5.78. The molecule has 2 N–H and O–H groups in total. The zero-order valence-electron chi connectivity index (χ0n) is 15.8. The lowest BCUT2D eigenvalue weighted by atomic mass is 10.0. The molecule has 6 heteroatoms. The molecular formula is C21H25NO5. The van der Waals surface area contributed by atoms with Crippen molar-refractivity contribution in [2.24, 2.45) is 0 Å². The first-order valence-corrected chi connectivity index (χ1v) is 8.72. The fraction of sp³-hybridized carbons (Fsp3) is 0.333. The predicted octanol–water partition coefficient (Wildman–Crippen LogP) is 3.28. The van der Waals surface area contributed by atoms with Gasteiger partial charge in [-0.2, -0.15) is 0 Å². The number of nitrogens with one attached hydrogen (secondary N) is 1. The van der Waals surface area contributed by atoms with Gasteiger partial charge in [-0.05, 0) is 36.6 Å². The van der Waals surface area contributed by atoms with Crippen molar-refractivity contribution in [1.82, 2.24) is 5.32 Å². The van der Waals surface area contributed by atoms with Gasteiger partial charge in [-0.1, -0.05) is 24.3 Å². The Labute approximate surface area is 159 Å². The number of aliphatic carboxylic acids is 1. The van der Waals surface area contributed by atoms with Crippen LogP contribution in [-0.4, -0.2) is 31.2 Å². The van der Waals surface area contributed by atoms with E-state index >= 15 is 0 Å². The minimum atomic E-state index is -1.00. The van der Waals surface area contributed by atoms with Crippen molar-refractivity contribution in [2.45, 2.75) is 32.2 Å². The van der Waals surface area contributed by atoms with Gasteiger partial charge in [0.1, 0.15) is 11.5 Å². The van der Waals surface area contributed by atoms with Crippen LogP contribution in [0.15, 0.2) is 42.5 Å². The van der Waals surface area contributed by atoms with E-state index in [9.17, 15) is 14.7 Å². The summed E-state index contributed by atoms with van der Waals surface area (Å²) in [5, 5.41) is 12.1. The molecule has 0 aliphatic rings. The molecule has 6 nitrogen and oxygen atoms in total.